The molecule has 0 N–H and O–H groups in total. The van der Waals surface area contributed by atoms with E-state index >= 15 is 0 Å². The van der Waals surface area contributed by atoms with Crippen molar-refractivity contribution in [1.29, 1.82) is 0 Å². The highest BCUT2D eigenvalue weighted by Gasteiger charge is 2.20. The van der Waals surface area contributed by atoms with Gasteiger partial charge in [-0.25, -0.2) is 0 Å². The van der Waals surface area contributed by atoms with Gasteiger partial charge in [0.15, 0.2) is 0 Å². The van der Waals surface area contributed by atoms with Crippen LogP contribution in [-0.2, 0) is 12.8 Å². The summed E-state index contributed by atoms with van der Waals surface area (Å²) in [5.41, 5.74) is 4.74. The first-order valence-electron chi connectivity index (χ1n) is 12.2. The van der Waals surface area contributed by atoms with Crippen LogP contribution in [0.1, 0.15) is 95.7 Å². The fourth-order valence-electron chi connectivity index (χ4n) is 4.72. The second-order valence-corrected chi connectivity index (χ2v) is 9.13. The molecular formula is C27H40N2. The van der Waals surface area contributed by atoms with Gasteiger partial charge in [-0.05, 0) is 55.2 Å². The van der Waals surface area contributed by atoms with Gasteiger partial charge in [-0.2, -0.15) is 10.2 Å². The van der Waals surface area contributed by atoms with Crippen molar-refractivity contribution in [2.75, 3.05) is 0 Å². The number of hydrogen-bond donors (Lipinski definition) is 0. The zero-order valence-electron chi connectivity index (χ0n) is 18.7. The van der Waals surface area contributed by atoms with E-state index in [1.165, 1.54) is 88.2 Å². The molecule has 0 radical (unpaired) electrons. The van der Waals surface area contributed by atoms with Crippen LogP contribution < -0.4 is 0 Å². The maximum absolute atomic E-state index is 4.53. The summed E-state index contributed by atoms with van der Waals surface area (Å²) >= 11 is 0. The van der Waals surface area contributed by atoms with Crippen LogP contribution in [0.5, 0.6) is 0 Å². The molecule has 0 saturated heterocycles. The molecule has 1 aromatic carbocycles. The average molecular weight is 393 g/mol. The number of nitrogens with zero attached hydrogens (tertiary/aromatic N) is 2. The van der Waals surface area contributed by atoms with Crippen molar-refractivity contribution in [3.05, 3.63) is 47.7 Å². The number of aryl methyl sites for hydroxylation is 2. The summed E-state index contributed by atoms with van der Waals surface area (Å²) in [5, 5.41) is 9.04. The molecule has 29 heavy (non-hydrogen) atoms. The highest BCUT2D eigenvalue weighted by atomic mass is 15.1. The average Bonchev–Trinajstić information content (AvgIpc) is 2.78. The Labute approximate surface area is 178 Å². The van der Waals surface area contributed by atoms with Crippen LogP contribution >= 0.6 is 0 Å². The summed E-state index contributed by atoms with van der Waals surface area (Å²) in [6.07, 6.45) is 17.4. The number of rotatable bonds is 11. The van der Waals surface area contributed by atoms with Gasteiger partial charge >= 0.3 is 0 Å². The van der Waals surface area contributed by atoms with Crippen LogP contribution in [0.2, 0.25) is 0 Å². The number of unbranched alkanes of at least 4 members (excludes halogenated alkanes) is 3. The molecule has 0 atom stereocenters. The highest BCUT2D eigenvalue weighted by Crippen LogP contribution is 2.34. The highest BCUT2D eigenvalue weighted by molar-refractivity contribution is 5.58. The Morgan fingerprint density at radius 3 is 2.00 bits per heavy atom. The Kier molecular flexibility index (Phi) is 9.18. The van der Waals surface area contributed by atoms with Gasteiger partial charge in [-0.15, -0.1) is 0 Å². The van der Waals surface area contributed by atoms with Crippen molar-refractivity contribution < 1.29 is 0 Å². The topological polar surface area (TPSA) is 25.8 Å². The van der Waals surface area contributed by atoms with E-state index in [1.807, 2.05) is 0 Å². The lowest BCUT2D eigenvalue weighted by molar-refractivity contribution is 0.249. The van der Waals surface area contributed by atoms with Crippen molar-refractivity contribution in [3.8, 4) is 11.3 Å². The van der Waals surface area contributed by atoms with Crippen molar-refractivity contribution in [3.63, 3.8) is 0 Å². The molecule has 1 aromatic heterocycles. The van der Waals surface area contributed by atoms with E-state index in [9.17, 15) is 0 Å². The summed E-state index contributed by atoms with van der Waals surface area (Å²) in [6.45, 7) is 4.56. The van der Waals surface area contributed by atoms with Crippen LogP contribution in [0.4, 0.5) is 0 Å². The Morgan fingerprint density at radius 2 is 1.38 bits per heavy atom. The number of benzene rings is 1. The van der Waals surface area contributed by atoms with E-state index in [4.69, 9.17) is 0 Å². The molecule has 158 valence electrons. The molecular weight excluding hydrogens is 352 g/mol. The third-order valence-electron chi connectivity index (χ3n) is 6.78. The lowest BCUT2D eigenvalue weighted by Crippen LogP contribution is -2.15. The van der Waals surface area contributed by atoms with Gasteiger partial charge in [0, 0.05) is 5.56 Å². The van der Waals surface area contributed by atoms with E-state index in [-0.39, 0.29) is 0 Å². The van der Waals surface area contributed by atoms with E-state index in [0.717, 1.165) is 29.6 Å². The number of aromatic nitrogens is 2. The van der Waals surface area contributed by atoms with Gasteiger partial charge in [0.1, 0.15) is 0 Å². The first kappa shape index (κ1) is 22.0. The van der Waals surface area contributed by atoms with Crippen LogP contribution in [0.25, 0.3) is 11.3 Å². The largest absolute Gasteiger partial charge is 0.155 e. The summed E-state index contributed by atoms with van der Waals surface area (Å²) in [7, 11) is 0. The van der Waals surface area contributed by atoms with Crippen molar-refractivity contribution >= 4 is 0 Å². The van der Waals surface area contributed by atoms with Crippen LogP contribution in [0.15, 0.2) is 36.4 Å². The Balaban J connectivity index is 1.43. The molecule has 1 aliphatic carbocycles. The quantitative estimate of drug-likeness (QED) is 0.364. The van der Waals surface area contributed by atoms with Gasteiger partial charge in [0.05, 0.1) is 11.4 Å². The molecule has 1 aliphatic rings. The lowest BCUT2D eigenvalue weighted by Gasteiger charge is -2.28. The van der Waals surface area contributed by atoms with E-state index < -0.39 is 0 Å². The molecule has 0 bridgehead atoms. The van der Waals surface area contributed by atoms with Crippen molar-refractivity contribution in [1.82, 2.24) is 10.2 Å². The van der Waals surface area contributed by atoms with Crippen LogP contribution in [-0.4, -0.2) is 10.2 Å². The molecule has 2 nitrogen and oxygen atoms in total. The van der Waals surface area contributed by atoms with Crippen molar-refractivity contribution in [2.24, 2.45) is 11.8 Å². The fraction of sp³-hybridized carbons (Fsp3) is 0.630. The predicted octanol–water partition coefficient (Wildman–Crippen LogP) is 7.81. The summed E-state index contributed by atoms with van der Waals surface area (Å²) in [5.74, 6) is 1.90. The zero-order chi connectivity index (χ0) is 20.3. The Hall–Kier alpha value is -1.70. The smallest absolute Gasteiger partial charge is 0.0929 e. The van der Waals surface area contributed by atoms with Gasteiger partial charge in [0.25, 0.3) is 0 Å². The van der Waals surface area contributed by atoms with E-state index in [1.54, 1.807) is 0 Å². The first-order valence-corrected chi connectivity index (χ1v) is 12.2. The van der Waals surface area contributed by atoms with Gasteiger partial charge in [-0.1, -0.05) is 95.9 Å². The SMILES string of the molecule is CCCCCc1ccc(-c2ccc(CCC3CCC(CCCC)CC3)nn2)cc1. The molecule has 3 rings (SSSR count). The molecule has 1 saturated carbocycles. The second-order valence-electron chi connectivity index (χ2n) is 9.13. The molecule has 1 heterocycles. The van der Waals surface area contributed by atoms with Gasteiger partial charge in [-0.3, -0.25) is 0 Å². The summed E-state index contributed by atoms with van der Waals surface area (Å²) in [6, 6.07) is 13.2. The first-order chi connectivity index (χ1) is 14.3. The Bertz CT molecular complexity index is 681. The summed E-state index contributed by atoms with van der Waals surface area (Å²) < 4.78 is 0. The molecule has 2 heteroatoms. The van der Waals surface area contributed by atoms with E-state index in [2.05, 4.69) is 60.4 Å². The van der Waals surface area contributed by atoms with E-state index in [0.29, 0.717) is 0 Å². The minimum absolute atomic E-state index is 0.898. The minimum atomic E-state index is 0.898. The minimum Gasteiger partial charge on any atom is -0.155 e. The molecule has 0 amide bonds. The zero-order valence-corrected chi connectivity index (χ0v) is 18.7. The maximum Gasteiger partial charge on any atom is 0.0929 e. The molecule has 2 aromatic rings. The molecule has 1 fully saturated rings. The molecule has 0 aliphatic heterocycles. The molecule has 0 unspecified atom stereocenters. The Morgan fingerprint density at radius 1 is 0.690 bits per heavy atom. The van der Waals surface area contributed by atoms with Gasteiger partial charge in [0.2, 0.25) is 0 Å². The molecule has 0 spiro atoms. The third-order valence-corrected chi connectivity index (χ3v) is 6.78. The van der Waals surface area contributed by atoms with Crippen LogP contribution in [0.3, 0.4) is 0 Å². The standard InChI is InChI=1S/C27H40N2/c1-3-5-7-9-23-14-17-25(18-15-23)27-21-20-26(28-29-27)19-16-24-12-10-22(11-13-24)8-6-4-2/h14-15,17-18,20-22,24H,3-13,16,19H2,1-2H3. The van der Waals surface area contributed by atoms with Crippen molar-refractivity contribution in [2.45, 2.75) is 97.3 Å². The predicted molar refractivity (Wildman–Crippen MR) is 124 cm³/mol. The second kappa shape index (κ2) is 12.1. The van der Waals surface area contributed by atoms with Gasteiger partial charge < -0.3 is 0 Å². The third kappa shape index (κ3) is 7.24. The summed E-state index contributed by atoms with van der Waals surface area (Å²) in [4.78, 5) is 0. The number of hydrogen-bond acceptors (Lipinski definition) is 2. The lowest BCUT2D eigenvalue weighted by atomic mass is 9.78. The fourth-order valence-corrected chi connectivity index (χ4v) is 4.72. The monoisotopic (exact) mass is 392 g/mol. The normalized spacial score (nSPS) is 19.4. The maximum atomic E-state index is 4.53. The van der Waals surface area contributed by atoms with Crippen LogP contribution in [0, 0.1) is 11.8 Å².